The van der Waals surface area contributed by atoms with E-state index in [0.29, 0.717) is 78.4 Å². The lowest BCUT2D eigenvalue weighted by Crippen LogP contribution is -2.48. The summed E-state index contributed by atoms with van der Waals surface area (Å²) in [5, 5.41) is 7.28. The van der Waals surface area contributed by atoms with E-state index >= 15 is 0 Å². The second-order valence-corrected chi connectivity index (χ2v) is 26.3. The van der Waals surface area contributed by atoms with Crippen LogP contribution in [0.2, 0.25) is 15.1 Å². The van der Waals surface area contributed by atoms with Crippen LogP contribution in [0.15, 0.2) is 170 Å². The first kappa shape index (κ1) is 69.4. The topological polar surface area (TPSA) is 207 Å². The smallest absolute Gasteiger partial charge is 0.253 e. The largest absolute Gasteiger partial charge is 0.399 e. The summed E-state index contributed by atoms with van der Waals surface area (Å²) in [5.74, 6) is 20.2. The van der Waals surface area contributed by atoms with Crippen molar-refractivity contribution in [2.75, 3.05) is 82.3 Å². The van der Waals surface area contributed by atoms with Crippen molar-refractivity contribution < 1.29 is 14.4 Å². The zero-order valence-corrected chi connectivity index (χ0v) is 57.2. The third-order valence-corrected chi connectivity index (χ3v) is 18.9. The third kappa shape index (κ3) is 18.4. The number of fused-ring (bicyclic) bond motifs is 3. The number of nitrogen functional groups attached to an aromatic ring is 4. The Kier molecular flexibility index (Phi) is 23.6. The van der Waals surface area contributed by atoms with Gasteiger partial charge in [-0.15, -0.1) is 0 Å². The van der Waals surface area contributed by atoms with E-state index in [9.17, 15) is 14.4 Å². The zero-order chi connectivity index (χ0) is 68.5. The molecular formula is C81H78Cl3N11O3. The molecule has 0 unspecified atom stereocenters. The Balaban J connectivity index is 0.000000149. The molecule has 0 atom stereocenters. The molecule has 0 spiro atoms. The van der Waals surface area contributed by atoms with Gasteiger partial charge in [0.15, 0.2) is 5.78 Å². The van der Waals surface area contributed by atoms with Crippen molar-refractivity contribution >= 4 is 108 Å². The maximum atomic E-state index is 13.0. The number of likely N-dealkylation sites (N-methyl/N-ethyl adjacent to an activating group) is 1. The molecule has 17 heteroatoms. The number of Topliss-reactive ketones (excluding diaryl/α,β-unsaturated/α-hetero) is 1. The van der Waals surface area contributed by atoms with Gasteiger partial charge in [-0.25, -0.2) is 15.0 Å². The van der Waals surface area contributed by atoms with Crippen LogP contribution in [0.3, 0.4) is 0 Å². The van der Waals surface area contributed by atoms with Crippen LogP contribution in [0.4, 0.5) is 23.1 Å². The number of halogens is 3. The number of anilines is 4. The highest BCUT2D eigenvalue weighted by molar-refractivity contribution is 6.32. The van der Waals surface area contributed by atoms with Crippen LogP contribution in [-0.4, -0.2) is 118 Å². The van der Waals surface area contributed by atoms with E-state index in [0.717, 1.165) is 120 Å². The molecule has 14 nitrogen and oxygen atoms in total. The highest BCUT2D eigenvalue weighted by atomic mass is 35.5. The number of likely N-dealkylation sites (tertiary alicyclic amines) is 3. The van der Waals surface area contributed by atoms with Crippen molar-refractivity contribution in [3.8, 4) is 35.5 Å². The van der Waals surface area contributed by atoms with Gasteiger partial charge in [-0.05, 0) is 192 Å². The second-order valence-electron chi connectivity index (χ2n) is 25.0. The summed E-state index contributed by atoms with van der Waals surface area (Å²) >= 11 is 18.5. The molecule has 496 valence electrons. The molecule has 0 aliphatic carbocycles. The molecule has 0 radical (unpaired) electrons. The van der Waals surface area contributed by atoms with E-state index in [1.54, 1.807) is 23.5 Å². The second kappa shape index (κ2) is 33.3. The summed E-state index contributed by atoms with van der Waals surface area (Å²) in [6.07, 6.45) is 17.2. The van der Waals surface area contributed by atoms with Gasteiger partial charge in [0.1, 0.15) is 17.5 Å². The summed E-state index contributed by atoms with van der Waals surface area (Å²) in [5.41, 5.74) is 32.3. The first-order valence-electron chi connectivity index (χ1n) is 33.4. The molecular weight excluding hydrogens is 1280 g/mol. The van der Waals surface area contributed by atoms with Crippen molar-refractivity contribution in [3.05, 3.63) is 241 Å². The quantitative estimate of drug-likeness (QED) is 0.0542. The van der Waals surface area contributed by atoms with Gasteiger partial charge in [-0.2, -0.15) is 0 Å². The van der Waals surface area contributed by atoms with Crippen LogP contribution >= 0.6 is 34.8 Å². The van der Waals surface area contributed by atoms with E-state index in [1.165, 1.54) is 57.2 Å². The fourth-order valence-corrected chi connectivity index (χ4v) is 13.0. The van der Waals surface area contributed by atoms with Gasteiger partial charge < -0.3 is 42.5 Å². The lowest BCUT2D eigenvalue weighted by atomic mass is 9.99. The normalized spacial score (nSPS) is 14.1. The zero-order valence-electron chi connectivity index (χ0n) is 55.0. The predicted molar refractivity (Wildman–Crippen MR) is 400 cm³/mol. The Labute approximate surface area is 588 Å². The van der Waals surface area contributed by atoms with Gasteiger partial charge in [0.05, 0.1) is 16.7 Å². The van der Waals surface area contributed by atoms with E-state index in [4.69, 9.17) is 57.7 Å². The number of piperidine rings is 3. The molecule has 2 amide bonds. The van der Waals surface area contributed by atoms with E-state index < -0.39 is 0 Å². The van der Waals surface area contributed by atoms with Gasteiger partial charge in [0.25, 0.3) is 11.8 Å². The monoisotopic (exact) mass is 1360 g/mol. The summed E-state index contributed by atoms with van der Waals surface area (Å²) in [6, 6.07) is 47.3. The van der Waals surface area contributed by atoms with Crippen molar-refractivity contribution in [1.82, 2.24) is 34.6 Å². The summed E-state index contributed by atoms with van der Waals surface area (Å²) in [6.45, 7) is 8.03. The number of nitrogens with zero attached hydrogens (tertiary/aromatic N) is 7. The molecule has 7 aromatic carbocycles. The number of hydrogen-bond donors (Lipinski definition) is 4. The van der Waals surface area contributed by atoms with Gasteiger partial charge >= 0.3 is 0 Å². The molecule has 3 fully saturated rings. The number of hydrogen-bond acceptors (Lipinski definition) is 12. The predicted octanol–water partition coefficient (Wildman–Crippen LogP) is 15.0. The average Bonchev–Trinajstić information content (AvgIpc) is 0.824. The van der Waals surface area contributed by atoms with Crippen molar-refractivity contribution in [2.24, 2.45) is 0 Å². The number of ketones is 1. The number of pyridine rings is 3. The van der Waals surface area contributed by atoms with Crippen LogP contribution in [0, 0.1) is 35.5 Å². The fourth-order valence-electron chi connectivity index (χ4n) is 12.5. The van der Waals surface area contributed by atoms with Gasteiger partial charge in [0, 0.05) is 151 Å². The van der Waals surface area contributed by atoms with E-state index in [2.05, 4.69) is 60.3 Å². The molecule has 8 N–H and O–H groups in total. The van der Waals surface area contributed by atoms with Crippen LogP contribution in [0.5, 0.6) is 0 Å². The molecule has 6 heterocycles. The van der Waals surface area contributed by atoms with Gasteiger partial charge in [-0.3, -0.25) is 14.4 Å². The lowest BCUT2D eigenvalue weighted by molar-refractivity contribution is 0.0589. The van der Waals surface area contributed by atoms with E-state index in [1.807, 2.05) is 164 Å². The minimum atomic E-state index is 0.0265. The Morgan fingerprint density at radius 1 is 0.490 bits per heavy atom. The Bertz CT molecular complexity index is 4690. The van der Waals surface area contributed by atoms with Gasteiger partial charge in [0.2, 0.25) is 0 Å². The SMILES string of the molecule is CN(CCN1CCCCC1)C(=O)c1ccc(C#Cc2c(N)ncc3ccc(Cl)cc23)cc1.Nc1ccc(CCCC(=O)c2ccc(C#Cc3c(N)ncc4ccc(Cl)cc34)cc2)cc1.Nc1ncc2ccc(Cl)cc2c1C#Cc1ccc(C(=O)N2CCC(N3CCCCC3)CC2)cc1. The number of carbonyl (C=O) groups is 3. The molecule has 10 aromatic rings. The standard InChI is InChI=1S/C28H29ClN4O.C27H22ClN3O.C26H27ClN4O/c29-23-10-9-22-19-31-27(30)25(26(22)18-23)11-6-20-4-7-21(8-5-20)28(34)33-16-12-24(13-17-33)32-14-2-1-3-15-32;28-22-12-11-21-17-31-27(30)24(25(21)16-22)15-8-19-4-9-20(10-5-19)26(32)3-1-2-18-6-13-23(29)14-7-18;1-30(15-16-31-13-3-2-4-14-31)26(32)20-8-5-19(6-9-20)7-12-23-24-17-22(27)11-10-21(24)18-29-25(23)28/h4-5,7-10,18-19,24H,1-3,12-17H2,(H2,30,31);4-7,9-14,16-17H,1-3,29H2,(H2,30,31);5-6,8-11,17-18H,2-4,13-16H2,1H3,(H2,28,29). The fraction of sp³-hybridized carbons (Fsp3) is 0.259. The Morgan fingerprint density at radius 2 is 0.908 bits per heavy atom. The number of rotatable bonds is 11. The van der Waals surface area contributed by atoms with Crippen molar-refractivity contribution in [1.29, 1.82) is 0 Å². The number of nitrogens with two attached hydrogens (primary N) is 4. The summed E-state index contributed by atoms with van der Waals surface area (Å²) < 4.78 is 0. The van der Waals surface area contributed by atoms with Crippen LogP contribution in [0.1, 0.15) is 134 Å². The first-order chi connectivity index (χ1) is 47.6. The number of aromatic nitrogens is 3. The van der Waals surface area contributed by atoms with Crippen LogP contribution in [0.25, 0.3) is 32.3 Å². The maximum absolute atomic E-state index is 13.0. The third-order valence-electron chi connectivity index (χ3n) is 18.2. The molecule has 3 aliphatic heterocycles. The minimum Gasteiger partial charge on any atom is -0.399 e. The van der Waals surface area contributed by atoms with Gasteiger partial charge in [-0.1, -0.05) is 126 Å². The van der Waals surface area contributed by atoms with Crippen molar-refractivity contribution in [2.45, 2.75) is 76.7 Å². The number of carbonyl (C=O) groups excluding carboxylic acids is 3. The Hall–Kier alpha value is -9.95. The number of benzene rings is 7. The average molecular weight is 1360 g/mol. The molecule has 3 aliphatic rings. The number of amides is 2. The molecule has 13 rings (SSSR count). The lowest BCUT2D eigenvalue weighted by Gasteiger charge is -2.40. The van der Waals surface area contributed by atoms with Crippen LogP contribution < -0.4 is 22.9 Å². The minimum absolute atomic E-state index is 0.0265. The summed E-state index contributed by atoms with van der Waals surface area (Å²) in [4.78, 5) is 59.9. The summed E-state index contributed by atoms with van der Waals surface area (Å²) in [7, 11) is 1.86. The molecule has 3 saturated heterocycles. The highest BCUT2D eigenvalue weighted by Gasteiger charge is 2.28. The molecule has 3 aromatic heterocycles. The number of aryl methyl sites for hydroxylation is 1. The molecule has 0 bridgehead atoms. The molecule has 0 saturated carbocycles. The van der Waals surface area contributed by atoms with Crippen LogP contribution in [-0.2, 0) is 6.42 Å². The highest BCUT2D eigenvalue weighted by Crippen LogP contribution is 2.29. The molecule has 98 heavy (non-hydrogen) atoms. The first-order valence-corrected chi connectivity index (χ1v) is 34.5. The van der Waals surface area contributed by atoms with Crippen molar-refractivity contribution in [3.63, 3.8) is 0 Å². The maximum Gasteiger partial charge on any atom is 0.253 e. The van der Waals surface area contributed by atoms with E-state index in [-0.39, 0.29) is 17.6 Å². The Morgan fingerprint density at radius 3 is 1.36 bits per heavy atom.